The molecule has 2 aromatic heterocycles. The van der Waals surface area contributed by atoms with Gasteiger partial charge in [-0.05, 0) is 19.1 Å². The van der Waals surface area contributed by atoms with Gasteiger partial charge >= 0.3 is 0 Å². The number of amides is 1. The zero-order valence-corrected chi connectivity index (χ0v) is 16.2. The number of carbonyl (C=O) groups excluding carboxylic acids is 1. The molecule has 3 rings (SSSR count). The van der Waals surface area contributed by atoms with E-state index in [1.165, 1.54) is 0 Å². The summed E-state index contributed by atoms with van der Waals surface area (Å²) in [6.45, 7) is 11.3. The van der Waals surface area contributed by atoms with E-state index in [9.17, 15) is 4.79 Å². The fourth-order valence-corrected chi connectivity index (χ4v) is 3.23. The monoisotopic (exact) mass is 359 g/mol. The molecule has 0 radical (unpaired) electrons. The van der Waals surface area contributed by atoms with Gasteiger partial charge in [0.1, 0.15) is 17.3 Å². The van der Waals surface area contributed by atoms with Gasteiger partial charge in [0.2, 0.25) is 5.91 Å². The Morgan fingerprint density at radius 3 is 2.65 bits per heavy atom. The average Bonchev–Trinajstić information content (AvgIpc) is 3.18. The molecule has 1 unspecified atom stereocenters. The van der Waals surface area contributed by atoms with Gasteiger partial charge < -0.3 is 14.3 Å². The molecule has 1 amide bonds. The number of aromatic nitrogens is 3. The lowest BCUT2D eigenvalue weighted by Crippen LogP contribution is -2.32. The van der Waals surface area contributed by atoms with Crippen LogP contribution >= 0.6 is 0 Å². The molecule has 7 heteroatoms. The normalized spacial score (nSPS) is 16.3. The second-order valence-electron chi connectivity index (χ2n) is 7.26. The maximum absolute atomic E-state index is 12.0. The molecule has 142 valence electrons. The first-order chi connectivity index (χ1) is 12.5. The zero-order valence-electron chi connectivity index (χ0n) is 16.2. The minimum absolute atomic E-state index is 0.0367. The molecular formula is C19H29N5O2. The van der Waals surface area contributed by atoms with E-state index < -0.39 is 0 Å². The van der Waals surface area contributed by atoms with Gasteiger partial charge in [-0.2, -0.15) is 0 Å². The number of nitrogens with zero attached hydrogens (tertiary/aromatic N) is 4. The van der Waals surface area contributed by atoms with Gasteiger partial charge in [0.25, 0.3) is 0 Å². The van der Waals surface area contributed by atoms with Gasteiger partial charge in [0.05, 0.1) is 12.6 Å². The number of carbonyl (C=O) groups is 1. The summed E-state index contributed by atoms with van der Waals surface area (Å²) in [5.74, 6) is 3.86. The topological polar surface area (TPSA) is 76.2 Å². The third kappa shape index (κ3) is 4.15. The Balaban J connectivity index is 1.64. The van der Waals surface area contributed by atoms with Crippen molar-refractivity contribution in [1.29, 1.82) is 0 Å². The number of hydrogen-bond acceptors (Lipinski definition) is 5. The van der Waals surface area contributed by atoms with E-state index in [1.54, 1.807) is 0 Å². The van der Waals surface area contributed by atoms with Gasteiger partial charge in [0.15, 0.2) is 5.82 Å². The van der Waals surface area contributed by atoms with Gasteiger partial charge in [-0.3, -0.25) is 9.69 Å². The van der Waals surface area contributed by atoms with Gasteiger partial charge in [-0.1, -0.05) is 20.8 Å². The van der Waals surface area contributed by atoms with Gasteiger partial charge in [0, 0.05) is 38.4 Å². The van der Waals surface area contributed by atoms with Crippen molar-refractivity contribution < 1.29 is 9.21 Å². The molecular weight excluding hydrogens is 330 g/mol. The highest BCUT2D eigenvalue weighted by Crippen LogP contribution is 2.18. The molecule has 1 atom stereocenters. The summed E-state index contributed by atoms with van der Waals surface area (Å²) in [5.41, 5.74) is 0. The fourth-order valence-electron chi connectivity index (χ4n) is 3.23. The minimum Gasteiger partial charge on any atom is -0.465 e. The molecule has 0 fully saturated rings. The number of fused-ring (bicyclic) bond motifs is 1. The van der Waals surface area contributed by atoms with Crippen LogP contribution in [-0.2, 0) is 30.7 Å². The molecule has 1 aliphatic heterocycles. The summed E-state index contributed by atoms with van der Waals surface area (Å²) in [6.07, 6.45) is 1.77. The number of aryl methyl sites for hydroxylation is 1. The Labute approximate surface area is 154 Å². The summed E-state index contributed by atoms with van der Waals surface area (Å²) >= 11 is 0. The quantitative estimate of drug-likeness (QED) is 0.857. The molecule has 1 aliphatic rings. The Hall–Kier alpha value is -2.15. The van der Waals surface area contributed by atoms with Gasteiger partial charge in [-0.25, -0.2) is 0 Å². The summed E-state index contributed by atoms with van der Waals surface area (Å²) in [6, 6.07) is 3.98. The van der Waals surface area contributed by atoms with Crippen LogP contribution in [0.4, 0.5) is 0 Å². The van der Waals surface area contributed by atoms with Crippen LogP contribution in [0.2, 0.25) is 0 Å². The summed E-state index contributed by atoms with van der Waals surface area (Å²) in [7, 11) is 0. The first-order valence-electron chi connectivity index (χ1n) is 9.50. The molecule has 0 spiro atoms. The maximum Gasteiger partial charge on any atom is 0.223 e. The maximum atomic E-state index is 12.0. The Morgan fingerprint density at radius 1 is 1.19 bits per heavy atom. The van der Waals surface area contributed by atoms with Crippen LogP contribution in [-0.4, -0.2) is 38.7 Å². The lowest BCUT2D eigenvalue weighted by atomic mass is 10.2. The van der Waals surface area contributed by atoms with E-state index in [-0.39, 0.29) is 17.9 Å². The zero-order chi connectivity index (χ0) is 18.7. The van der Waals surface area contributed by atoms with Crippen LogP contribution in [0.3, 0.4) is 0 Å². The molecule has 7 nitrogen and oxygen atoms in total. The number of nitrogens with one attached hydrogen (secondary N) is 1. The lowest BCUT2D eigenvalue weighted by Gasteiger charge is -2.19. The molecule has 0 bridgehead atoms. The van der Waals surface area contributed by atoms with E-state index in [1.807, 2.05) is 20.8 Å². The second kappa shape index (κ2) is 8.03. The van der Waals surface area contributed by atoms with Crippen molar-refractivity contribution >= 4 is 5.91 Å². The second-order valence-corrected chi connectivity index (χ2v) is 7.26. The average molecular weight is 359 g/mol. The van der Waals surface area contributed by atoms with Gasteiger partial charge in [-0.15, -0.1) is 10.2 Å². The lowest BCUT2D eigenvalue weighted by molar-refractivity contribution is -0.124. The van der Waals surface area contributed by atoms with Crippen LogP contribution in [0.1, 0.15) is 56.9 Å². The fraction of sp³-hybridized carbons (Fsp3) is 0.632. The van der Waals surface area contributed by atoms with E-state index >= 15 is 0 Å². The predicted molar refractivity (Wildman–Crippen MR) is 98.5 cm³/mol. The summed E-state index contributed by atoms with van der Waals surface area (Å²) in [5, 5.41) is 11.7. The highest BCUT2D eigenvalue weighted by Gasteiger charge is 2.23. The van der Waals surface area contributed by atoms with Crippen LogP contribution in [0, 0.1) is 5.92 Å². The molecule has 0 aromatic carbocycles. The molecule has 1 N–H and O–H groups in total. The van der Waals surface area contributed by atoms with Crippen molar-refractivity contribution in [3.05, 3.63) is 35.3 Å². The summed E-state index contributed by atoms with van der Waals surface area (Å²) in [4.78, 5) is 14.4. The SMILES string of the molecule is CCc1ccc(CN2CCc3nnc(C(C)NC(=O)C(C)C)n3CC2)o1. The third-order valence-electron chi connectivity index (χ3n) is 4.86. The van der Waals surface area contributed by atoms with Crippen molar-refractivity contribution in [3.63, 3.8) is 0 Å². The molecule has 2 aromatic rings. The van der Waals surface area contributed by atoms with Crippen LogP contribution in [0.5, 0.6) is 0 Å². The highest BCUT2D eigenvalue weighted by molar-refractivity contribution is 5.78. The van der Waals surface area contributed by atoms with E-state index in [2.05, 4.69) is 44.0 Å². The highest BCUT2D eigenvalue weighted by atomic mass is 16.3. The Bertz CT molecular complexity index is 749. The van der Waals surface area contributed by atoms with E-state index in [0.717, 1.165) is 62.2 Å². The minimum atomic E-state index is -0.144. The van der Waals surface area contributed by atoms with E-state index in [0.29, 0.717) is 0 Å². The van der Waals surface area contributed by atoms with Crippen molar-refractivity contribution in [1.82, 2.24) is 25.0 Å². The molecule has 0 aliphatic carbocycles. The van der Waals surface area contributed by atoms with Crippen molar-refractivity contribution in [2.24, 2.45) is 5.92 Å². The Morgan fingerprint density at radius 2 is 1.96 bits per heavy atom. The van der Waals surface area contributed by atoms with E-state index in [4.69, 9.17) is 4.42 Å². The first-order valence-corrected chi connectivity index (χ1v) is 9.50. The van der Waals surface area contributed by atoms with Crippen LogP contribution < -0.4 is 5.32 Å². The molecule has 26 heavy (non-hydrogen) atoms. The van der Waals surface area contributed by atoms with Crippen molar-refractivity contribution in [2.75, 3.05) is 13.1 Å². The molecule has 0 saturated heterocycles. The number of hydrogen-bond donors (Lipinski definition) is 1. The third-order valence-corrected chi connectivity index (χ3v) is 4.86. The number of rotatable bonds is 6. The Kier molecular flexibility index (Phi) is 5.76. The largest absolute Gasteiger partial charge is 0.465 e. The van der Waals surface area contributed by atoms with Crippen molar-refractivity contribution in [2.45, 2.75) is 59.7 Å². The molecule has 3 heterocycles. The smallest absolute Gasteiger partial charge is 0.223 e. The molecule has 0 saturated carbocycles. The first kappa shape index (κ1) is 18.6. The van der Waals surface area contributed by atoms with Crippen molar-refractivity contribution in [3.8, 4) is 0 Å². The standard InChI is InChI=1S/C19H29N5O2/c1-5-15-6-7-16(26-15)12-23-9-8-17-21-22-18(24(17)11-10-23)14(4)20-19(25)13(2)3/h6-7,13-14H,5,8-12H2,1-4H3,(H,20,25). The number of furan rings is 1. The predicted octanol–water partition coefficient (Wildman–Crippen LogP) is 2.33. The van der Waals surface area contributed by atoms with Crippen LogP contribution in [0.15, 0.2) is 16.5 Å². The van der Waals surface area contributed by atoms with Crippen LogP contribution in [0.25, 0.3) is 0 Å². The summed E-state index contributed by atoms with van der Waals surface area (Å²) < 4.78 is 8.00.